The van der Waals surface area contributed by atoms with Crippen LogP contribution in [0.2, 0.25) is 0 Å². The summed E-state index contributed by atoms with van der Waals surface area (Å²) in [6.45, 7) is 6.48. The van der Waals surface area contributed by atoms with Gasteiger partial charge in [0, 0.05) is 24.7 Å². The molecule has 0 aromatic carbocycles. The largest absolute Gasteiger partial charge is 0.479 e. The molecule has 0 heterocycles. The summed E-state index contributed by atoms with van der Waals surface area (Å²) in [4.78, 5) is 33.9. The van der Waals surface area contributed by atoms with Gasteiger partial charge in [-0.1, -0.05) is 27.7 Å². The minimum Gasteiger partial charge on any atom is -0.479 e. The van der Waals surface area contributed by atoms with Crippen molar-refractivity contribution in [3.8, 4) is 0 Å². The predicted molar refractivity (Wildman–Crippen MR) is 71.9 cm³/mol. The Kier molecular flexibility index (Phi) is 8.14. The Balaban J connectivity index is 0. The summed E-state index contributed by atoms with van der Waals surface area (Å²) in [5.74, 6) is -3.00. The van der Waals surface area contributed by atoms with Crippen LogP contribution in [0.1, 0.15) is 40.5 Å². The van der Waals surface area contributed by atoms with Gasteiger partial charge in [0.05, 0.1) is 0 Å². The van der Waals surface area contributed by atoms with Crippen molar-refractivity contribution >= 4 is 31.0 Å². The number of Topliss-reactive ketones (excluding diaryl/α,β-unsaturated/α-hetero) is 2. The van der Waals surface area contributed by atoms with E-state index in [0.717, 1.165) is 0 Å². The van der Waals surface area contributed by atoms with Crippen LogP contribution in [-0.2, 0) is 14.4 Å². The number of carboxylic acids is 1. The molecular weight excluding hydrogens is 256 g/mol. The number of aliphatic hydroxyl groups is 1. The fraction of sp³-hybridized carbons (Fsp3) is 0.750. The Morgan fingerprint density at radius 3 is 1.39 bits per heavy atom. The van der Waals surface area contributed by atoms with Crippen molar-refractivity contribution in [3.05, 3.63) is 0 Å². The molecule has 5 nitrogen and oxygen atoms in total. The average molecular weight is 278 g/mol. The molecule has 2 N–H and O–H groups in total. The summed E-state index contributed by atoms with van der Waals surface area (Å²) in [5.41, 5.74) is -2.28. The maximum absolute atomic E-state index is 11.5. The molecule has 0 saturated heterocycles. The van der Waals surface area contributed by atoms with E-state index in [1.54, 1.807) is 27.7 Å². The van der Waals surface area contributed by atoms with Crippen LogP contribution in [-0.4, -0.2) is 33.3 Å². The summed E-state index contributed by atoms with van der Waals surface area (Å²) in [6, 6.07) is 0. The molecule has 0 rings (SSSR count). The van der Waals surface area contributed by atoms with Gasteiger partial charge in [0.1, 0.15) is 11.6 Å². The highest BCUT2D eigenvalue weighted by Gasteiger charge is 2.41. The smallest absolute Gasteiger partial charge is 0.336 e. The third-order valence-corrected chi connectivity index (χ3v) is 2.62. The first kappa shape index (κ1) is 19.5. The first-order valence-electron chi connectivity index (χ1n) is 5.61. The van der Waals surface area contributed by atoms with E-state index in [0.29, 0.717) is 0 Å². The van der Waals surface area contributed by atoms with Crippen LogP contribution >= 0.6 is 13.5 Å². The second-order valence-corrected chi connectivity index (χ2v) is 4.93. The highest BCUT2D eigenvalue weighted by molar-refractivity contribution is 7.59. The van der Waals surface area contributed by atoms with E-state index >= 15 is 0 Å². The lowest BCUT2D eigenvalue weighted by atomic mass is 9.86. The van der Waals surface area contributed by atoms with E-state index in [4.69, 9.17) is 5.11 Å². The molecule has 106 valence electrons. The van der Waals surface area contributed by atoms with Crippen LogP contribution in [0.15, 0.2) is 0 Å². The summed E-state index contributed by atoms with van der Waals surface area (Å²) < 4.78 is 0. The first-order valence-corrected chi connectivity index (χ1v) is 5.61. The highest BCUT2D eigenvalue weighted by atomic mass is 32.1. The maximum atomic E-state index is 11.5. The normalized spacial score (nSPS) is 11.3. The van der Waals surface area contributed by atoms with Gasteiger partial charge >= 0.3 is 5.97 Å². The first-order chi connectivity index (χ1) is 7.60. The standard InChI is InChI=1S/C12H20O5.H2S/c1-7(2)9(13)5-12(17,11(15)16)6-10(14)8(3)4;/h7-8,17H,5-6H2,1-4H3,(H,15,16);1H2. The minimum absolute atomic E-state index is 0. The zero-order valence-electron chi connectivity index (χ0n) is 11.2. The molecule has 0 atom stereocenters. The lowest BCUT2D eigenvalue weighted by molar-refractivity contribution is -0.164. The summed E-state index contributed by atoms with van der Waals surface area (Å²) >= 11 is 0. The van der Waals surface area contributed by atoms with Gasteiger partial charge in [0.25, 0.3) is 0 Å². The fourth-order valence-corrected chi connectivity index (χ4v) is 1.20. The number of aliphatic carboxylic acids is 1. The van der Waals surface area contributed by atoms with Gasteiger partial charge in [0.2, 0.25) is 0 Å². The molecule has 0 fully saturated rings. The third-order valence-electron chi connectivity index (χ3n) is 2.62. The van der Waals surface area contributed by atoms with Crippen molar-refractivity contribution in [2.24, 2.45) is 11.8 Å². The van der Waals surface area contributed by atoms with Crippen molar-refractivity contribution in [1.82, 2.24) is 0 Å². The molecule has 0 spiro atoms. The summed E-state index contributed by atoms with van der Waals surface area (Å²) in [7, 11) is 0. The quantitative estimate of drug-likeness (QED) is 0.728. The van der Waals surface area contributed by atoms with Crippen LogP contribution in [0, 0.1) is 11.8 Å². The molecule has 0 radical (unpaired) electrons. The van der Waals surface area contributed by atoms with E-state index in [1.807, 2.05) is 0 Å². The number of ketones is 2. The Morgan fingerprint density at radius 2 is 1.22 bits per heavy atom. The zero-order chi connectivity index (χ0) is 13.8. The molecule has 0 aromatic rings. The van der Waals surface area contributed by atoms with Crippen molar-refractivity contribution in [2.45, 2.75) is 46.1 Å². The van der Waals surface area contributed by atoms with Crippen LogP contribution < -0.4 is 0 Å². The van der Waals surface area contributed by atoms with Crippen LogP contribution in [0.3, 0.4) is 0 Å². The number of hydrogen-bond acceptors (Lipinski definition) is 4. The summed E-state index contributed by atoms with van der Waals surface area (Å²) in [6.07, 6.45) is -1.06. The molecule has 0 saturated carbocycles. The van der Waals surface area contributed by atoms with Crippen molar-refractivity contribution in [1.29, 1.82) is 0 Å². The lowest BCUT2D eigenvalue weighted by Crippen LogP contribution is -2.44. The molecule has 0 aliphatic heterocycles. The van der Waals surface area contributed by atoms with E-state index in [2.05, 4.69) is 0 Å². The van der Waals surface area contributed by atoms with Gasteiger partial charge in [-0.05, 0) is 0 Å². The Morgan fingerprint density at radius 1 is 0.944 bits per heavy atom. The van der Waals surface area contributed by atoms with Crippen molar-refractivity contribution < 1.29 is 24.6 Å². The molecule has 0 bridgehead atoms. The topological polar surface area (TPSA) is 91.7 Å². The molecule has 6 heteroatoms. The number of carbonyl (C=O) groups is 3. The van der Waals surface area contributed by atoms with Crippen LogP contribution in [0.5, 0.6) is 0 Å². The maximum Gasteiger partial charge on any atom is 0.336 e. The van der Waals surface area contributed by atoms with Gasteiger partial charge in [0.15, 0.2) is 5.60 Å². The van der Waals surface area contributed by atoms with Gasteiger partial charge in [-0.2, -0.15) is 13.5 Å². The minimum atomic E-state index is -2.28. The average Bonchev–Trinajstić information content (AvgIpc) is 2.16. The van der Waals surface area contributed by atoms with E-state index in [1.165, 1.54) is 0 Å². The molecule has 0 aromatic heterocycles. The van der Waals surface area contributed by atoms with E-state index in [-0.39, 0.29) is 36.9 Å². The van der Waals surface area contributed by atoms with Crippen molar-refractivity contribution in [2.75, 3.05) is 0 Å². The Bertz CT molecular complexity index is 300. The number of carbonyl (C=O) groups excluding carboxylic acids is 2. The molecule has 0 aliphatic carbocycles. The molecule has 18 heavy (non-hydrogen) atoms. The van der Waals surface area contributed by atoms with Gasteiger partial charge < -0.3 is 10.2 Å². The number of hydrogen-bond donors (Lipinski definition) is 2. The van der Waals surface area contributed by atoms with Crippen molar-refractivity contribution in [3.63, 3.8) is 0 Å². The van der Waals surface area contributed by atoms with Crippen LogP contribution in [0.25, 0.3) is 0 Å². The van der Waals surface area contributed by atoms with Crippen LogP contribution in [0.4, 0.5) is 0 Å². The van der Waals surface area contributed by atoms with Gasteiger partial charge in [-0.15, -0.1) is 0 Å². The molecule has 0 aliphatic rings. The van der Waals surface area contributed by atoms with Gasteiger partial charge in [-0.3, -0.25) is 9.59 Å². The third kappa shape index (κ3) is 5.64. The number of carboxylic acid groups (broad SMARTS) is 1. The lowest BCUT2D eigenvalue weighted by Gasteiger charge is -2.23. The van der Waals surface area contributed by atoms with Gasteiger partial charge in [-0.25, -0.2) is 4.79 Å². The molecule has 0 amide bonds. The predicted octanol–water partition coefficient (Wildman–Crippen LogP) is 1.15. The monoisotopic (exact) mass is 278 g/mol. The second kappa shape index (κ2) is 7.53. The fourth-order valence-electron chi connectivity index (χ4n) is 1.20. The van der Waals surface area contributed by atoms with E-state index in [9.17, 15) is 19.5 Å². The molecular formula is C12H22O5S. The molecule has 0 unspecified atom stereocenters. The Hall–Kier alpha value is -0.880. The summed E-state index contributed by atoms with van der Waals surface area (Å²) in [5, 5.41) is 18.8. The second-order valence-electron chi connectivity index (χ2n) is 4.93. The zero-order valence-corrected chi connectivity index (χ0v) is 12.2. The SMILES string of the molecule is CC(C)C(=O)CC(O)(CC(=O)C(C)C)C(=O)O.S. The van der Waals surface area contributed by atoms with E-state index < -0.39 is 24.4 Å². The number of rotatable bonds is 7. The highest BCUT2D eigenvalue weighted by Crippen LogP contribution is 2.21. The Labute approximate surface area is 114 Å².